The number of carbonyl (C=O) groups excluding carboxylic acids is 2. The van der Waals surface area contributed by atoms with Crippen LogP contribution in [0.5, 0.6) is 0 Å². The van der Waals surface area contributed by atoms with Gasteiger partial charge in [0, 0.05) is 18.6 Å². The maximum Gasteiger partial charge on any atom is 0.249 e. The van der Waals surface area contributed by atoms with Crippen molar-refractivity contribution in [2.75, 3.05) is 13.2 Å². The summed E-state index contributed by atoms with van der Waals surface area (Å²) in [7, 11) is 0. The van der Waals surface area contributed by atoms with Crippen molar-refractivity contribution < 1.29 is 14.3 Å². The highest BCUT2D eigenvalue weighted by Crippen LogP contribution is 2.30. The standard InChI is InChI=1S/C15H26N2O3/c1-5-15(6-2)14(19)17(11(4)13(18)16-15)10(3)12-7-8-20-9-12/h10-12H,5-9H2,1-4H3,(H,16,18). The molecule has 0 aromatic heterocycles. The van der Waals surface area contributed by atoms with Gasteiger partial charge in [-0.2, -0.15) is 0 Å². The summed E-state index contributed by atoms with van der Waals surface area (Å²) in [5.74, 6) is 0.353. The van der Waals surface area contributed by atoms with Gasteiger partial charge in [0.1, 0.15) is 11.6 Å². The summed E-state index contributed by atoms with van der Waals surface area (Å²) in [6, 6.07) is -0.354. The lowest BCUT2D eigenvalue weighted by Gasteiger charge is -2.48. The Balaban J connectivity index is 2.28. The van der Waals surface area contributed by atoms with Crippen LogP contribution in [0.1, 0.15) is 47.0 Å². The first-order valence-corrected chi connectivity index (χ1v) is 7.69. The van der Waals surface area contributed by atoms with Crippen LogP contribution in [0.15, 0.2) is 0 Å². The van der Waals surface area contributed by atoms with Gasteiger partial charge in [0.25, 0.3) is 0 Å². The van der Waals surface area contributed by atoms with E-state index in [2.05, 4.69) is 5.32 Å². The molecular weight excluding hydrogens is 256 g/mol. The molecule has 0 radical (unpaired) electrons. The number of nitrogens with zero attached hydrogens (tertiary/aromatic N) is 1. The fraction of sp³-hybridized carbons (Fsp3) is 0.867. The van der Waals surface area contributed by atoms with E-state index in [-0.39, 0.29) is 17.9 Å². The van der Waals surface area contributed by atoms with Crippen molar-refractivity contribution in [3.8, 4) is 0 Å². The maximum atomic E-state index is 12.9. The van der Waals surface area contributed by atoms with E-state index in [0.717, 1.165) is 13.0 Å². The van der Waals surface area contributed by atoms with Gasteiger partial charge < -0.3 is 15.0 Å². The third kappa shape index (κ3) is 2.32. The monoisotopic (exact) mass is 282 g/mol. The molecule has 0 bridgehead atoms. The molecule has 2 amide bonds. The number of piperazine rings is 1. The van der Waals surface area contributed by atoms with Gasteiger partial charge in [0.15, 0.2) is 0 Å². The van der Waals surface area contributed by atoms with E-state index >= 15 is 0 Å². The molecule has 2 rings (SSSR count). The second-order valence-electron chi connectivity index (χ2n) is 6.03. The number of amides is 2. The molecule has 0 spiro atoms. The van der Waals surface area contributed by atoms with Gasteiger partial charge in [-0.1, -0.05) is 13.8 Å². The van der Waals surface area contributed by atoms with E-state index < -0.39 is 11.6 Å². The van der Waals surface area contributed by atoms with Crippen LogP contribution in [0.25, 0.3) is 0 Å². The third-order valence-electron chi connectivity index (χ3n) is 5.10. The molecule has 1 N–H and O–H groups in total. The molecule has 2 fully saturated rings. The van der Waals surface area contributed by atoms with Crippen LogP contribution in [0.2, 0.25) is 0 Å². The zero-order valence-corrected chi connectivity index (χ0v) is 12.9. The number of carbonyl (C=O) groups is 2. The molecule has 5 nitrogen and oxygen atoms in total. The van der Waals surface area contributed by atoms with Crippen molar-refractivity contribution in [2.24, 2.45) is 5.92 Å². The number of hydrogen-bond donors (Lipinski definition) is 1. The predicted molar refractivity (Wildman–Crippen MR) is 76.2 cm³/mol. The Morgan fingerprint density at radius 1 is 1.40 bits per heavy atom. The van der Waals surface area contributed by atoms with Crippen LogP contribution in [0.3, 0.4) is 0 Å². The maximum absolute atomic E-state index is 12.9. The Bertz CT molecular complexity index is 387. The molecule has 3 atom stereocenters. The van der Waals surface area contributed by atoms with Gasteiger partial charge in [-0.15, -0.1) is 0 Å². The Labute approximate surface area is 121 Å². The highest BCUT2D eigenvalue weighted by Gasteiger charge is 2.49. The zero-order valence-electron chi connectivity index (χ0n) is 12.9. The van der Waals surface area contributed by atoms with Crippen molar-refractivity contribution in [3.05, 3.63) is 0 Å². The molecule has 2 aliphatic rings. The summed E-state index contributed by atoms with van der Waals surface area (Å²) >= 11 is 0. The van der Waals surface area contributed by atoms with Crippen molar-refractivity contribution in [2.45, 2.75) is 64.6 Å². The van der Waals surface area contributed by atoms with Gasteiger partial charge >= 0.3 is 0 Å². The molecule has 0 aliphatic carbocycles. The zero-order chi connectivity index (χ0) is 14.9. The minimum Gasteiger partial charge on any atom is -0.381 e. The Morgan fingerprint density at radius 2 is 2.05 bits per heavy atom. The van der Waals surface area contributed by atoms with Gasteiger partial charge in [0.2, 0.25) is 11.8 Å². The second-order valence-corrected chi connectivity index (χ2v) is 6.03. The first-order chi connectivity index (χ1) is 9.46. The summed E-state index contributed by atoms with van der Waals surface area (Å²) in [6.45, 7) is 9.21. The summed E-state index contributed by atoms with van der Waals surface area (Å²) in [5.41, 5.74) is -0.725. The average Bonchev–Trinajstić information content (AvgIpc) is 2.97. The first kappa shape index (κ1) is 15.3. The van der Waals surface area contributed by atoms with Crippen LogP contribution in [-0.4, -0.2) is 47.6 Å². The normalized spacial score (nSPS) is 31.3. The van der Waals surface area contributed by atoms with Crippen molar-refractivity contribution in [3.63, 3.8) is 0 Å². The van der Waals surface area contributed by atoms with Crippen LogP contribution >= 0.6 is 0 Å². The lowest BCUT2D eigenvalue weighted by atomic mass is 9.85. The molecule has 0 aromatic rings. The Kier molecular flexibility index (Phi) is 4.37. The van der Waals surface area contributed by atoms with Gasteiger partial charge in [-0.3, -0.25) is 9.59 Å². The third-order valence-corrected chi connectivity index (χ3v) is 5.10. The molecule has 2 heterocycles. The topological polar surface area (TPSA) is 58.6 Å². The summed E-state index contributed by atoms with van der Waals surface area (Å²) in [5, 5.41) is 2.94. The van der Waals surface area contributed by atoms with Crippen molar-refractivity contribution in [1.29, 1.82) is 0 Å². The van der Waals surface area contributed by atoms with Crippen molar-refractivity contribution >= 4 is 11.8 Å². The largest absolute Gasteiger partial charge is 0.381 e. The van der Waals surface area contributed by atoms with Crippen molar-refractivity contribution in [1.82, 2.24) is 10.2 Å². The molecular formula is C15H26N2O3. The minimum absolute atomic E-state index is 0.0425. The molecule has 3 unspecified atom stereocenters. The van der Waals surface area contributed by atoms with Crippen LogP contribution in [0, 0.1) is 5.92 Å². The minimum atomic E-state index is -0.725. The van der Waals surface area contributed by atoms with Gasteiger partial charge in [0.05, 0.1) is 6.61 Å². The molecule has 2 saturated heterocycles. The van der Waals surface area contributed by atoms with Crippen LogP contribution in [-0.2, 0) is 14.3 Å². The van der Waals surface area contributed by atoms with E-state index in [1.807, 2.05) is 27.7 Å². The summed E-state index contributed by atoms with van der Waals surface area (Å²) in [6.07, 6.45) is 2.22. The summed E-state index contributed by atoms with van der Waals surface area (Å²) < 4.78 is 5.43. The smallest absolute Gasteiger partial charge is 0.249 e. The average molecular weight is 282 g/mol. The van der Waals surface area contributed by atoms with Crippen LogP contribution < -0.4 is 5.32 Å². The molecule has 20 heavy (non-hydrogen) atoms. The number of rotatable bonds is 4. The number of nitrogens with one attached hydrogen (secondary N) is 1. The first-order valence-electron chi connectivity index (χ1n) is 7.69. The lowest BCUT2D eigenvalue weighted by Crippen LogP contribution is -2.71. The number of ether oxygens (including phenoxy) is 1. The number of hydrogen-bond acceptors (Lipinski definition) is 3. The Hall–Kier alpha value is -1.10. The van der Waals surface area contributed by atoms with Gasteiger partial charge in [-0.25, -0.2) is 0 Å². The fourth-order valence-electron chi connectivity index (χ4n) is 3.37. The van der Waals surface area contributed by atoms with Crippen LogP contribution in [0.4, 0.5) is 0 Å². The second kappa shape index (κ2) is 5.72. The highest BCUT2D eigenvalue weighted by molar-refractivity contribution is 5.99. The summed E-state index contributed by atoms with van der Waals surface area (Å²) in [4.78, 5) is 27.0. The fourth-order valence-corrected chi connectivity index (χ4v) is 3.37. The molecule has 5 heteroatoms. The van der Waals surface area contributed by atoms with Gasteiger partial charge in [-0.05, 0) is 33.1 Å². The molecule has 0 aromatic carbocycles. The molecule has 0 saturated carbocycles. The van der Waals surface area contributed by atoms with E-state index in [1.54, 1.807) is 4.90 Å². The SMILES string of the molecule is CCC1(CC)NC(=O)C(C)N(C(C)C2CCOC2)C1=O. The highest BCUT2D eigenvalue weighted by atomic mass is 16.5. The van der Waals surface area contributed by atoms with E-state index in [4.69, 9.17) is 4.74 Å². The molecule has 2 aliphatic heterocycles. The molecule has 114 valence electrons. The van der Waals surface area contributed by atoms with E-state index in [0.29, 0.717) is 25.4 Å². The quantitative estimate of drug-likeness (QED) is 0.846. The lowest BCUT2D eigenvalue weighted by molar-refractivity contribution is -0.158. The van der Waals surface area contributed by atoms with E-state index in [9.17, 15) is 9.59 Å². The van der Waals surface area contributed by atoms with E-state index in [1.165, 1.54) is 0 Å². The Morgan fingerprint density at radius 3 is 2.55 bits per heavy atom. The predicted octanol–water partition coefficient (Wildman–Crippen LogP) is 1.32.